The topological polar surface area (TPSA) is 112 Å². The Hall–Kier alpha value is -2.68. The zero-order valence-corrected chi connectivity index (χ0v) is 20.9. The second-order valence-electron chi connectivity index (χ2n) is 9.36. The number of benzene rings is 1. The van der Waals surface area contributed by atoms with E-state index >= 15 is 0 Å². The van der Waals surface area contributed by atoms with Gasteiger partial charge in [-0.05, 0) is 61.7 Å². The molecular formula is C26H34N4O3S. The van der Waals surface area contributed by atoms with E-state index in [1.807, 2.05) is 19.1 Å². The quantitative estimate of drug-likeness (QED) is 0.184. The standard InChI is InChI=1S/C26H34N4O3S/c1-4-33-20-15-18(24(32)29-28)22-17-9-5-6-10-19(17)30(25-16(2)12-14-34-25)23(22)26(20,3)13-8-7-11-21(27)31/h5-6,9-10,12,14,18,20H,4,7-8,11,13,15,28H2,1-3H3,(H2,27,31)(H,29,32). The summed E-state index contributed by atoms with van der Waals surface area (Å²) in [5, 5.41) is 4.31. The Morgan fingerprint density at radius 1 is 1.26 bits per heavy atom. The Morgan fingerprint density at radius 3 is 2.68 bits per heavy atom. The third-order valence-corrected chi connectivity index (χ3v) is 8.20. The molecule has 0 aliphatic heterocycles. The van der Waals surface area contributed by atoms with Gasteiger partial charge in [0.15, 0.2) is 0 Å². The largest absolute Gasteiger partial charge is 0.377 e. The van der Waals surface area contributed by atoms with Crippen LogP contribution in [0.25, 0.3) is 15.9 Å². The number of nitrogens with two attached hydrogens (primary N) is 2. The highest BCUT2D eigenvalue weighted by Crippen LogP contribution is 2.52. The van der Waals surface area contributed by atoms with Crippen molar-refractivity contribution in [3.63, 3.8) is 0 Å². The molecule has 0 fully saturated rings. The molecule has 2 aromatic heterocycles. The predicted octanol–water partition coefficient (Wildman–Crippen LogP) is 4.19. The molecule has 1 aliphatic carbocycles. The highest BCUT2D eigenvalue weighted by atomic mass is 32.1. The molecule has 8 heteroatoms. The number of thiophene rings is 1. The minimum atomic E-state index is -0.415. The molecule has 5 N–H and O–H groups in total. The van der Waals surface area contributed by atoms with Crippen molar-refractivity contribution < 1.29 is 14.3 Å². The molecule has 0 bridgehead atoms. The lowest BCUT2D eigenvalue weighted by Crippen LogP contribution is -2.48. The minimum absolute atomic E-state index is 0.177. The SMILES string of the molecule is CCOC1CC(C(=O)NN)c2c(n(-c3sccc3C)c3ccccc23)C1(C)CCCCC(N)=O. The van der Waals surface area contributed by atoms with E-state index in [0.717, 1.165) is 46.4 Å². The number of nitrogens with one attached hydrogen (secondary N) is 1. The molecule has 0 saturated carbocycles. The summed E-state index contributed by atoms with van der Waals surface area (Å²) in [5.74, 6) is 4.76. The number of rotatable bonds is 9. The van der Waals surface area contributed by atoms with Crippen LogP contribution in [0.2, 0.25) is 0 Å². The monoisotopic (exact) mass is 482 g/mol. The fourth-order valence-corrected chi connectivity index (χ4v) is 6.54. The maximum Gasteiger partial charge on any atom is 0.241 e. The second-order valence-corrected chi connectivity index (χ2v) is 10.2. The van der Waals surface area contributed by atoms with Gasteiger partial charge in [-0.3, -0.25) is 15.0 Å². The van der Waals surface area contributed by atoms with Crippen molar-refractivity contribution in [3.05, 3.63) is 52.5 Å². The highest BCUT2D eigenvalue weighted by molar-refractivity contribution is 7.12. The first-order valence-corrected chi connectivity index (χ1v) is 12.8. The van der Waals surface area contributed by atoms with E-state index in [4.69, 9.17) is 16.3 Å². The molecule has 1 aromatic carbocycles. The first kappa shape index (κ1) is 24.4. The average molecular weight is 483 g/mol. The summed E-state index contributed by atoms with van der Waals surface area (Å²) in [7, 11) is 0. The number of fused-ring (bicyclic) bond motifs is 3. The number of hydrogen-bond donors (Lipinski definition) is 3. The van der Waals surface area contributed by atoms with Crippen molar-refractivity contribution >= 4 is 34.1 Å². The molecule has 182 valence electrons. The van der Waals surface area contributed by atoms with Gasteiger partial charge in [-0.1, -0.05) is 31.5 Å². The number of unbranched alkanes of at least 4 members (excludes halogenated alkanes) is 1. The van der Waals surface area contributed by atoms with Crippen LogP contribution in [0.5, 0.6) is 0 Å². The molecule has 0 saturated heterocycles. The molecule has 3 atom stereocenters. The van der Waals surface area contributed by atoms with Gasteiger partial charge in [0.05, 0.1) is 17.5 Å². The van der Waals surface area contributed by atoms with E-state index in [-0.39, 0.29) is 23.3 Å². The van der Waals surface area contributed by atoms with Gasteiger partial charge in [0.2, 0.25) is 11.8 Å². The van der Waals surface area contributed by atoms with E-state index in [1.54, 1.807) is 11.3 Å². The molecule has 0 spiro atoms. The number of nitrogens with zero attached hydrogens (tertiary/aromatic N) is 1. The van der Waals surface area contributed by atoms with E-state index in [1.165, 1.54) is 5.56 Å². The molecular weight excluding hydrogens is 448 g/mol. The summed E-state index contributed by atoms with van der Waals surface area (Å²) >= 11 is 1.69. The van der Waals surface area contributed by atoms with Crippen molar-refractivity contribution in [2.45, 2.75) is 70.3 Å². The smallest absolute Gasteiger partial charge is 0.241 e. The number of primary amides is 1. The molecule has 3 unspecified atom stereocenters. The molecule has 2 heterocycles. The fourth-order valence-electron chi connectivity index (χ4n) is 5.59. The Bertz CT molecular complexity index is 1200. The number of para-hydroxylation sites is 1. The van der Waals surface area contributed by atoms with E-state index in [9.17, 15) is 9.59 Å². The lowest BCUT2D eigenvalue weighted by molar-refractivity contribution is -0.125. The van der Waals surface area contributed by atoms with Crippen molar-refractivity contribution in [1.82, 2.24) is 9.99 Å². The van der Waals surface area contributed by atoms with E-state index < -0.39 is 5.92 Å². The number of ether oxygens (including phenoxy) is 1. The highest BCUT2D eigenvalue weighted by Gasteiger charge is 2.49. The van der Waals surface area contributed by atoms with Gasteiger partial charge in [0, 0.05) is 29.5 Å². The Kier molecular flexibility index (Phi) is 7.12. The molecule has 7 nitrogen and oxygen atoms in total. The number of aromatic nitrogens is 1. The number of carbonyl (C=O) groups excluding carboxylic acids is 2. The van der Waals surface area contributed by atoms with E-state index in [2.05, 4.69) is 47.4 Å². The lowest BCUT2D eigenvalue weighted by atomic mass is 9.65. The van der Waals surface area contributed by atoms with Gasteiger partial charge < -0.3 is 15.0 Å². The van der Waals surface area contributed by atoms with Gasteiger partial charge in [-0.15, -0.1) is 11.3 Å². The normalized spacial score (nSPS) is 22.0. The molecule has 34 heavy (non-hydrogen) atoms. The summed E-state index contributed by atoms with van der Waals surface area (Å²) < 4.78 is 8.67. The van der Waals surface area contributed by atoms with Crippen LogP contribution in [-0.2, 0) is 19.7 Å². The van der Waals surface area contributed by atoms with Crippen LogP contribution in [-0.4, -0.2) is 29.1 Å². The first-order valence-electron chi connectivity index (χ1n) is 11.9. The Balaban J connectivity index is 1.99. The Morgan fingerprint density at radius 2 is 2.03 bits per heavy atom. The van der Waals surface area contributed by atoms with Gasteiger partial charge in [0.25, 0.3) is 0 Å². The summed E-state index contributed by atoms with van der Waals surface area (Å²) in [5.41, 5.74) is 11.8. The molecule has 3 aromatic rings. The van der Waals surface area contributed by atoms with Crippen molar-refractivity contribution in [2.75, 3.05) is 6.61 Å². The van der Waals surface area contributed by atoms with Gasteiger partial charge >= 0.3 is 0 Å². The third-order valence-electron chi connectivity index (χ3n) is 7.20. The van der Waals surface area contributed by atoms with Crippen molar-refractivity contribution in [2.24, 2.45) is 11.6 Å². The van der Waals surface area contributed by atoms with Crippen LogP contribution < -0.4 is 17.0 Å². The summed E-state index contributed by atoms with van der Waals surface area (Å²) in [6.07, 6.45) is 3.12. The summed E-state index contributed by atoms with van der Waals surface area (Å²) in [4.78, 5) is 24.4. The average Bonchev–Trinajstić information content (AvgIpc) is 3.39. The van der Waals surface area contributed by atoms with Crippen LogP contribution in [0.3, 0.4) is 0 Å². The zero-order valence-electron chi connectivity index (χ0n) is 20.1. The van der Waals surface area contributed by atoms with Gasteiger partial charge in [-0.2, -0.15) is 0 Å². The summed E-state index contributed by atoms with van der Waals surface area (Å²) in [6, 6.07) is 10.4. The third kappa shape index (κ3) is 4.15. The molecule has 4 rings (SSSR count). The number of aryl methyl sites for hydroxylation is 1. The van der Waals surface area contributed by atoms with Crippen LogP contribution in [0.4, 0.5) is 0 Å². The second kappa shape index (κ2) is 9.90. The predicted molar refractivity (Wildman–Crippen MR) is 136 cm³/mol. The van der Waals surface area contributed by atoms with Crippen LogP contribution in [0, 0.1) is 6.92 Å². The zero-order chi connectivity index (χ0) is 24.5. The van der Waals surface area contributed by atoms with Crippen molar-refractivity contribution in [1.29, 1.82) is 0 Å². The number of hydrogen-bond acceptors (Lipinski definition) is 5. The first-order chi connectivity index (χ1) is 16.3. The molecule has 1 aliphatic rings. The Labute approximate surface area is 204 Å². The van der Waals surface area contributed by atoms with Gasteiger partial charge in [-0.25, -0.2) is 5.84 Å². The van der Waals surface area contributed by atoms with Gasteiger partial charge in [0.1, 0.15) is 5.00 Å². The van der Waals surface area contributed by atoms with Crippen LogP contribution in [0.15, 0.2) is 35.7 Å². The van der Waals surface area contributed by atoms with Crippen LogP contribution in [0.1, 0.15) is 68.7 Å². The molecule has 2 amide bonds. The van der Waals surface area contributed by atoms with E-state index in [0.29, 0.717) is 19.4 Å². The maximum atomic E-state index is 13.1. The number of hydrazine groups is 1. The lowest BCUT2D eigenvalue weighted by Gasteiger charge is -2.45. The van der Waals surface area contributed by atoms with Crippen molar-refractivity contribution in [3.8, 4) is 5.00 Å². The number of carbonyl (C=O) groups is 2. The summed E-state index contributed by atoms with van der Waals surface area (Å²) in [6.45, 7) is 6.89. The minimum Gasteiger partial charge on any atom is -0.377 e. The fraction of sp³-hybridized carbons (Fsp3) is 0.462. The van der Waals surface area contributed by atoms with Crippen LogP contribution >= 0.6 is 11.3 Å². The number of amides is 2. The molecule has 0 radical (unpaired) electrons. The maximum absolute atomic E-state index is 13.1.